The van der Waals surface area contributed by atoms with E-state index in [4.69, 9.17) is 16.3 Å². The lowest BCUT2D eigenvalue weighted by molar-refractivity contribution is -0.123. The number of ether oxygens (including phenoxy) is 1. The Hall–Kier alpha value is -2.16. The molecule has 2 aromatic rings. The lowest BCUT2D eigenvalue weighted by Gasteiger charge is -2.22. The van der Waals surface area contributed by atoms with Gasteiger partial charge in [0.15, 0.2) is 0 Å². The zero-order valence-electron chi connectivity index (χ0n) is 15.7. The van der Waals surface area contributed by atoms with E-state index in [1.54, 1.807) is 13.8 Å². The Morgan fingerprint density at radius 1 is 1.18 bits per heavy atom. The summed E-state index contributed by atoms with van der Waals surface area (Å²) in [5.41, 5.74) is 0.597. The van der Waals surface area contributed by atoms with Crippen LogP contribution in [0.4, 0.5) is 4.39 Å². The van der Waals surface area contributed by atoms with Gasteiger partial charge in [-0.25, -0.2) is 12.8 Å². The number of sulfonamides is 1. The van der Waals surface area contributed by atoms with Crippen LogP contribution in [0.2, 0.25) is 5.02 Å². The van der Waals surface area contributed by atoms with Gasteiger partial charge < -0.3 is 10.1 Å². The van der Waals surface area contributed by atoms with E-state index in [1.165, 1.54) is 49.6 Å². The number of nitrogens with one attached hydrogen (secondary N) is 2. The minimum Gasteiger partial charge on any atom is -0.497 e. The molecular formula is C19H22ClFN2O4S. The van der Waals surface area contributed by atoms with Crippen LogP contribution in [0.25, 0.3) is 0 Å². The molecule has 0 aliphatic carbocycles. The first kappa shape index (κ1) is 22.1. The Kier molecular flexibility index (Phi) is 7.40. The number of benzene rings is 2. The van der Waals surface area contributed by atoms with Crippen molar-refractivity contribution in [2.45, 2.75) is 31.3 Å². The third kappa shape index (κ3) is 5.67. The molecule has 2 N–H and O–H groups in total. The molecule has 0 saturated carbocycles. The van der Waals surface area contributed by atoms with Gasteiger partial charge in [0.25, 0.3) is 0 Å². The summed E-state index contributed by atoms with van der Waals surface area (Å²) >= 11 is 5.73. The predicted molar refractivity (Wildman–Crippen MR) is 105 cm³/mol. The predicted octanol–water partition coefficient (Wildman–Crippen LogP) is 3.11. The highest BCUT2D eigenvalue weighted by atomic mass is 35.5. The van der Waals surface area contributed by atoms with Crippen LogP contribution in [0.1, 0.15) is 19.4 Å². The van der Waals surface area contributed by atoms with Crippen LogP contribution in [-0.2, 0) is 21.4 Å². The molecule has 0 bridgehead atoms. The fourth-order valence-electron chi connectivity index (χ4n) is 2.43. The first-order valence-electron chi connectivity index (χ1n) is 8.52. The van der Waals surface area contributed by atoms with Crippen molar-refractivity contribution in [3.8, 4) is 5.75 Å². The minimum absolute atomic E-state index is 0.0251. The van der Waals surface area contributed by atoms with Gasteiger partial charge in [-0.05, 0) is 47.9 Å². The van der Waals surface area contributed by atoms with Crippen LogP contribution in [0.5, 0.6) is 5.75 Å². The van der Waals surface area contributed by atoms with Gasteiger partial charge in [-0.3, -0.25) is 4.79 Å². The van der Waals surface area contributed by atoms with E-state index in [0.717, 1.165) is 0 Å². The summed E-state index contributed by atoms with van der Waals surface area (Å²) < 4.78 is 45.9. The average Bonchev–Trinajstić information content (AvgIpc) is 2.66. The standard InChI is InChI=1S/C19H22ClFN2O4S/c1-12(2)18(19(24)22-11-13-4-9-17(21)16(20)10-13)23-28(25,26)15-7-5-14(27-3)6-8-15/h4-10,12,18,23H,11H2,1-3H3,(H,22,24)/t18-/m0/s1. The molecular weight excluding hydrogens is 407 g/mol. The van der Waals surface area contributed by atoms with Crippen molar-refractivity contribution in [1.82, 2.24) is 10.0 Å². The van der Waals surface area contributed by atoms with Crippen molar-refractivity contribution in [2.75, 3.05) is 7.11 Å². The topological polar surface area (TPSA) is 84.5 Å². The molecule has 1 amide bonds. The summed E-state index contributed by atoms with van der Waals surface area (Å²) in [6.07, 6.45) is 0. The van der Waals surface area contributed by atoms with Crippen LogP contribution < -0.4 is 14.8 Å². The van der Waals surface area contributed by atoms with Crippen molar-refractivity contribution < 1.29 is 22.3 Å². The Morgan fingerprint density at radius 2 is 1.82 bits per heavy atom. The summed E-state index contributed by atoms with van der Waals surface area (Å²) in [7, 11) is -2.43. The molecule has 6 nitrogen and oxygen atoms in total. The van der Waals surface area contributed by atoms with Gasteiger partial charge in [-0.1, -0.05) is 31.5 Å². The first-order chi connectivity index (χ1) is 13.1. The summed E-state index contributed by atoms with van der Waals surface area (Å²) in [5, 5.41) is 2.60. The van der Waals surface area contributed by atoms with Crippen LogP contribution in [0.3, 0.4) is 0 Å². The number of hydrogen-bond donors (Lipinski definition) is 2. The fourth-order valence-corrected chi connectivity index (χ4v) is 3.98. The minimum atomic E-state index is -3.91. The highest BCUT2D eigenvalue weighted by Gasteiger charge is 2.28. The van der Waals surface area contributed by atoms with Crippen molar-refractivity contribution >= 4 is 27.5 Å². The number of carbonyl (C=O) groups excluding carboxylic acids is 1. The van der Waals surface area contributed by atoms with E-state index < -0.39 is 27.8 Å². The maximum absolute atomic E-state index is 13.2. The van der Waals surface area contributed by atoms with Crippen molar-refractivity contribution in [2.24, 2.45) is 5.92 Å². The van der Waals surface area contributed by atoms with E-state index in [9.17, 15) is 17.6 Å². The number of methoxy groups -OCH3 is 1. The highest BCUT2D eigenvalue weighted by Crippen LogP contribution is 2.18. The molecule has 0 aromatic heterocycles. The summed E-state index contributed by atoms with van der Waals surface area (Å²) in [4.78, 5) is 12.6. The Bertz CT molecular complexity index is 933. The SMILES string of the molecule is COc1ccc(S(=O)(=O)N[C@H](C(=O)NCc2ccc(F)c(Cl)c2)C(C)C)cc1. The first-order valence-corrected chi connectivity index (χ1v) is 10.4. The van der Waals surface area contributed by atoms with E-state index in [-0.39, 0.29) is 22.4 Å². The quantitative estimate of drug-likeness (QED) is 0.676. The van der Waals surface area contributed by atoms with Crippen LogP contribution in [-0.4, -0.2) is 27.5 Å². The van der Waals surface area contributed by atoms with E-state index in [0.29, 0.717) is 11.3 Å². The zero-order chi connectivity index (χ0) is 20.9. The van der Waals surface area contributed by atoms with E-state index >= 15 is 0 Å². The van der Waals surface area contributed by atoms with Gasteiger partial charge in [0.1, 0.15) is 17.6 Å². The Morgan fingerprint density at radius 3 is 2.36 bits per heavy atom. The molecule has 0 saturated heterocycles. The van der Waals surface area contributed by atoms with Crippen LogP contribution >= 0.6 is 11.6 Å². The second-order valence-electron chi connectivity index (χ2n) is 6.48. The maximum Gasteiger partial charge on any atom is 0.241 e. The van der Waals surface area contributed by atoms with Gasteiger partial charge in [-0.15, -0.1) is 0 Å². The van der Waals surface area contributed by atoms with Crippen molar-refractivity contribution in [3.05, 3.63) is 58.9 Å². The van der Waals surface area contributed by atoms with Gasteiger partial charge in [0.2, 0.25) is 15.9 Å². The molecule has 0 aliphatic heterocycles. The molecule has 0 radical (unpaired) electrons. The smallest absolute Gasteiger partial charge is 0.241 e. The maximum atomic E-state index is 13.2. The molecule has 0 unspecified atom stereocenters. The molecule has 0 spiro atoms. The second kappa shape index (κ2) is 9.36. The molecule has 0 aliphatic rings. The molecule has 0 fully saturated rings. The summed E-state index contributed by atoms with van der Waals surface area (Å²) in [6, 6.07) is 8.97. The molecule has 152 valence electrons. The number of amides is 1. The molecule has 9 heteroatoms. The lowest BCUT2D eigenvalue weighted by atomic mass is 10.0. The van der Waals surface area contributed by atoms with Crippen molar-refractivity contribution in [3.63, 3.8) is 0 Å². The van der Waals surface area contributed by atoms with Crippen LogP contribution in [0.15, 0.2) is 47.4 Å². The lowest BCUT2D eigenvalue weighted by Crippen LogP contribution is -2.49. The molecule has 0 heterocycles. The highest BCUT2D eigenvalue weighted by molar-refractivity contribution is 7.89. The molecule has 28 heavy (non-hydrogen) atoms. The summed E-state index contributed by atoms with van der Waals surface area (Å²) in [5.74, 6) is -0.823. The van der Waals surface area contributed by atoms with E-state index in [1.807, 2.05) is 0 Å². The third-order valence-electron chi connectivity index (χ3n) is 4.05. The average molecular weight is 429 g/mol. The Labute approximate surface area is 169 Å². The number of halogens is 2. The molecule has 2 aromatic carbocycles. The van der Waals surface area contributed by atoms with Gasteiger partial charge in [0, 0.05) is 6.54 Å². The van der Waals surface area contributed by atoms with Crippen LogP contribution in [0, 0.1) is 11.7 Å². The van der Waals surface area contributed by atoms with E-state index in [2.05, 4.69) is 10.0 Å². The number of hydrogen-bond acceptors (Lipinski definition) is 4. The normalized spacial score (nSPS) is 12.6. The van der Waals surface area contributed by atoms with Crippen molar-refractivity contribution in [1.29, 1.82) is 0 Å². The number of carbonyl (C=O) groups is 1. The van der Waals surface area contributed by atoms with Gasteiger partial charge in [0.05, 0.1) is 17.0 Å². The Balaban J connectivity index is 2.10. The second-order valence-corrected chi connectivity index (χ2v) is 8.61. The largest absolute Gasteiger partial charge is 0.497 e. The molecule has 2 rings (SSSR count). The fraction of sp³-hybridized carbons (Fsp3) is 0.316. The van der Waals surface area contributed by atoms with Gasteiger partial charge in [-0.2, -0.15) is 4.72 Å². The monoisotopic (exact) mass is 428 g/mol. The zero-order valence-corrected chi connectivity index (χ0v) is 17.3. The third-order valence-corrected chi connectivity index (χ3v) is 5.80. The van der Waals surface area contributed by atoms with Gasteiger partial charge >= 0.3 is 0 Å². The number of rotatable bonds is 8. The molecule has 1 atom stereocenters. The summed E-state index contributed by atoms with van der Waals surface area (Å²) in [6.45, 7) is 3.55.